The lowest BCUT2D eigenvalue weighted by Crippen LogP contribution is -2.38. The Kier molecular flexibility index (Phi) is 13.2. The quantitative estimate of drug-likeness (QED) is 0.261. The lowest BCUT2D eigenvalue weighted by atomic mass is 9.89. The number of methoxy groups -OCH3 is 2. The van der Waals surface area contributed by atoms with Gasteiger partial charge in [0.15, 0.2) is 0 Å². The lowest BCUT2D eigenvalue weighted by molar-refractivity contribution is 0.0461. The predicted octanol–water partition coefficient (Wildman–Crippen LogP) is 5.10. The number of halogens is 1. The number of aromatic nitrogens is 1. The second-order valence-corrected chi connectivity index (χ2v) is 11.0. The van der Waals surface area contributed by atoms with E-state index in [2.05, 4.69) is 38.7 Å². The van der Waals surface area contributed by atoms with Crippen LogP contribution >= 0.6 is 12.4 Å². The standard InChI is InChI=1S/C33H42N4O6.ClH/c1-22-29(31(38)42-4)20-30(23(2)35-22)32(39)43-21-24-8-5-10-27(18-24)36-33(40)34-14-7-15-37-16-12-25(13-17-37)26-9-6-11-28(19-26)41-3;/h5-6,8-11,19-20,24-25H,7,12-18,21H2,1-4H3,(H2,34,36,40);1H. The molecule has 0 saturated carbocycles. The Balaban J connectivity index is 0.00000529. The molecule has 1 unspecified atom stereocenters. The first kappa shape index (κ1) is 34.6. The summed E-state index contributed by atoms with van der Waals surface area (Å²) >= 11 is 0. The van der Waals surface area contributed by atoms with Gasteiger partial charge in [-0.2, -0.15) is 0 Å². The number of nitrogens with zero attached hydrogens (tertiary/aromatic N) is 2. The van der Waals surface area contributed by atoms with Crippen LogP contribution in [0.2, 0.25) is 0 Å². The van der Waals surface area contributed by atoms with Gasteiger partial charge in [0.05, 0.1) is 43.3 Å². The smallest absolute Gasteiger partial charge is 0.340 e. The summed E-state index contributed by atoms with van der Waals surface area (Å²) in [4.78, 5) is 44.0. The number of allylic oxidation sites excluding steroid dienone is 3. The van der Waals surface area contributed by atoms with E-state index in [4.69, 9.17) is 14.2 Å². The highest BCUT2D eigenvalue weighted by Gasteiger charge is 2.22. The molecule has 2 N–H and O–H groups in total. The van der Waals surface area contributed by atoms with Gasteiger partial charge in [-0.3, -0.25) is 4.98 Å². The maximum atomic E-state index is 12.8. The fourth-order valence-electron chi connectivity index (χ4n) is 5.54. The Labute approximate surface area is 265 Å². The zero-order valence-electron chi connectivity index (χ0n) is 25.9. The van der Waals surface area contributed by atoms with Gasteiger partial charge in [-0.15, -0.1) is 12.4 Å². The number of piperidine rings is 1. The van der Waals surface area contributed by atoms with E-state index in [1.165, 1.54) is 18.7 Å². The molecule has 1 aliphatic heterocycles. The molecule has 0 spiro atoms. The van der Waals surface area contributed by atoms with E-state index >= 15 is 0 Å². The van der Waals surface area contributed by atoms with Crippen molar-refractivity contribution >= 4 is 30.4 Å². The number of urea groups is 1. The number of rotatable bonds is 11. The molecule has 1 aliphatic carbocycles. The SMILES string of the molecule is COC(=O)c1cc(C(=O)OCC2C=CC=C(NC(=O)NCCCN3CCC(c4cccc(OC)c4)CC3)C2)c(C)nc1C.Cl. The molecule has 1 aromatic heterocycles. The summed E-state index contributed by atoms with van der Waals surface area (Å²) in [5.41, 5.74) is 3.51. The molecule has 1 atom stereocenters. The number of carbonyl (C=O) groups is 3. The van der Waals surface area contributed by atoms with Crippen molar-refractivity contribution < 1.29 is 28.6 Å². The van der Waals surface area contributed by atoms with Crippen molar-refractivity contribution in [1.29, 1.82) is 0 Å². The molecule has 1 saturated heterocycles. The largest absolute Gasteiger partial charge is 0.497 e. The lowest BCUT2D eigenvalue weighted by Gasteiger charge is -2.32. The number of likely N-dealkylation sites (tertiary alicyclic amines) is 1. The number of hydrogen-bond acceptors (Lipinski definition) is 8. The molecule has 2 amide bonds. The molecule has 11 heteroatoms. The molecule has 2 heterocycles. The van der Waals surface area contributed by atoms with E-state index in [-0.39, 0.29) is 42.1 Å². The van der Waals surface area contributed by atoms with Gasteiger partial charge < -0.3 is 29.7 Å². The molecular formula is C33H43ClN4O6. The van der Waals surface area contributed by atoms with Gasteiger partial charge in [0.2, 0.25) is 0 Å². The number of hydrogen-bond donors (Lipinski definition) is 2. The molecule has 44 heavy (non-hydrogen) atoms. The molecule has 1 fully saturated rings. The van der Waals surface area contributed by atoms with Crippen LogP contribution in [0.3, 0.4) is 0 Å². The minimum atomic E-state index is -0.560. The van der Waals surface area contributed by atoms with Crippen molar-refractivity contribution in [1.82, 2.24) is 20.5 Å². The Morgan fingerprint density at radius 2 is 1.75 bits per heavy atom. The first-order valence-corrected chi connectivity index (χ1v) is 14.8. The summed E-state index contributed by atoms with van der Waals surface area (Å²) in [5.74, 6) is 0.255. The van der Waals surface area contributed by atoms with E-state index < -0.39 is 11.9 Å². The number of aryl methyl sites for hydroxylation is 2. The van der Waals surface area contributed by atoms with Crippen LogP contribution in [0.1, 0.15) is 69.3 Å². The third-order valence-electron chi connectivity index (χ3n) is 7.98. The summed E-state index contributed by atoms with van der Waals surface area (Å²) in [7, 11) is 2.98. The summed E-state index contributed by atoms with van der Waals surface area (Å²) in [5, 5.41) is 5.86. The number of ether oxygens (including phenoxy) is 3. The van der Waals surface area contributed by atoms with Crippen molar-refractivity contribution in [2.45, 2.75) is 45.4 Å². The molecule has 10 nitrogen and oxygen atoms in total. The maximum Gasteiger partial charge on any atom is 0.340 e. The van der Waals surface area contributed by atoms with Crippen molar-refractivity contribution in [3.63, 3.8) is 0 Å². The summed E-state index contributed by atoms with van der Waals surface area (Å²) < 4.78 is 15.7. The first-order valence-electron chi connectivity index (χ1n) is 14.8. The van der Waals surface area contributed by atoms with Gasteiger partial charge in [-0.05, 0) is 94.9 Å². The third kappa shape index (κ3) is 9.56. The van der Waals surface area contributed by atoms with E-state index in [0.717, 1.165) is 50.3 Å². The van der Waals surface area contributed by atoms with Gasteiger partial charge in [-0.1, -0.05) is 24.3 Å². The van der Waals surface area contributed by atoms with E-state index in [0.29, 0.717) is 30.3 Å². The first-order chi connectivity index (χ1) is 20.8. The minimum Gasteiger partial charge on any atom is -0.497 e. The van der Waals surface area contributed by atoms with E-state index in [1.807, 2.05) is 24.3 Å². The van der Waals surface area contributed by atoms with Gasteiger partial charge in [-0.25, -0.2) is 14.4 Å². The summed E-state index contributed by atoms with van der Waals surface area (Å²) in [6.07, 6.45) is 9.28. The monoisotopic (exact) mass is 626 g/mol. The van der Waals surface area contributed by atoms with Crippen molar-refractivity contribution in [2.24, 2.45) is 5.92 Å². The zero-order valence-corrected chi connectivity index (χ0v) is 26.7. The van der Waals surface area contributed by atoms with Crippen LogP contribution in [0.4, 0.5) is 4.79 Å². The van der Waals surface area contributed by atoms with Gasteiger partial charge in [0, 0.05) is 18.2 Å². The highest BCUT2D eigenvalue weighted by molar-refractivity contribution is 5.96. The van der Waals surface area contributed by atoms with Crippen LogP contribution in [-0.4, -0.2) is 74.9 Å². The topological polar surface area (TPSA) is 119 Å². The van der Waals surface area contributed by atoms with Crippen molar-refractivity contribution in [3.8, 4) is 5.75 Å². The zero-order chi connectivity index (χ0) is 30.8. The van der Waals surface area contributed by atoms with E-state index in [9.17, 15) is 14.4 Å². The van der Waals surface area contributed by atoms with Crippen LogP contribution in [0.25, 0.3) is 0 Å². The molecule has 238 valence electrons. The van der Waals surface area contributed by atoms with Crippen LogP contribution in [0.15, 0.2) is 54.3 Å². The Hall–Kier alpha value is -3.89. The molecular weight excluding hydrogens is 584 g/mol. The third-order valence-corrected chi connectivity index (χ3v) is 7.98. The second-order valence-electron chi connectivity index (χ2n) is 11.0. The molecule has 2 aliphatic rings. The molecule has 2 aromatic rings. The number of esters is 2. The van der Waals surface area contributed by atoms with Crippen molar-refractivity contribution in [3.05, 3.63) is 82.3 Å². The molecule has 4 rings (SSSR count). The van der Waals surface area contributed by atoms with Gasteiger partial charge in [0.25, 0.3) is 0 Å². The molecule has 0 radical (unpaired) electrons. The number of amides is 2. The predicted molar refractivity (Wildman–Crippen MR) is 170 cm³/mol. The fourth-order valence-corrected chi connectivity index (χ4v) is 5.54. The number of carbonyl (C=O) groups excluding carboxylic acids is 3. The van der Waals surface area contributed by atoms with E-state index in [1.54, 1.807) is 21.0 Å². The minimum absolute atomic E-state index is 0. The van der Waals surface area contributed by atoms with Gasteiger partial charge in [0.1, 0.15) is 5.75 Å². The average molecular weight is 627 g/mol. The molecule has 1 aromatic carbocycles. The Bertz CT molecular complexity index is 1370. The van der Waals surface area contributed by atoms with Crippen molar-refractivity contribution in [2.75, 3.05) is 47.0 Å². The normalized spacial score (nSPS) is 16.7. The fraction of sp³-hybridized carbons (Fsp3) is 0.455. The number of benzene rings is 1. The average Bonchev–Trinajstić information content (AvgIpc) is 3.02. The summed E-state index contributed by atoms with van der Waals surface area (Å²) in [6.45, 7) is 7.14. The van der Waals surface area contributed by atoms with Crippen LogP contribution in [-0.2, 0) is 9.47 Å². The highest BCUT2D eigenvalue weighted by Crippen LogP contribution is 2.30. The Morgan fingerprint density at radius 3 is 2.45 bits per heavy atom. The van der Waals surface area contributed by atoms with Crippen LogP contribution in [0.5, 0.6) is 5.75 Å². The van der Waals surface area contributed by atoms with Crippen LogP contribution < -0.4 is 15.4 Å². The van der Waals surface area contributed by atoms with Gasteiger partial charge >= 0.3 is 18.0 Å². The Morgan fingerprint density at radius 1 is 1.02 bits per heavy atom. The number of pyridine rings is 1. The van der Waals surface area contributed by atoms with Crippen LogP contribution in [0, 0.1) is 19.8 Å². The number of nitrogens with one attached hydrogen (secondary N) is 2. The highest BCUT2D eigenvalue weighted by atomic mass is 35.5. The maximum absolute atomic E-state index is 12.8. The molecule has 0 bridgehead atoms. The second kappa shape index (κ2) is 16.8. The summed E-state index contributed by atoms with van der Waals surface area (Å²) in [6, 6.07) is 9.58.